The van der Waals surface area contributed by atoms with Crippen LogP contribution in [0, 0.1) is 10.1 Å². The van der Waals surface area contributed by atoms with Gasteiger partial charge in [0.25, 0.3) is 5.69 Å². The van der Waals surface area contributed by atoms with Crippen LogP contribution in [0.3, 0.4) is 0 Å². The van der Waals surface area contributed by atoms with E-state index < -0.39 is 14.9 Å². The van der Waals surface area contributed by atoms with E-state index in [0.717, 1.165) is 11.3 Å². The highest BCUT2D eigenvalue weighted by molar-refractivity contribution is 7.92. The minimum atomic E-state index is -3.47. The lowest BCUT2D eigenvalue weighted by Gasteiger charge is -2.34. The first-order valence-corrected chi connectivity index (χ1v) is 9.69. The molecule has 2 aromatic rings. The third-order valence-corrected chi connectivity index (χ3v) is 5.82. The Labute approximate surface area is 152 Å². The summed E-state index contributed by atoms with van der Waals surface area (Å²) in [5.74, 6) is 0. The van der Waals surface area contributed by atoms with Gasteiger partial charge in [0, 0.05) is 49.4 Å². The van der Waals surface area contributed by atoms with Crippen LogP contribution in [0.2, 0.25) is 0 Å². The Balaban J connectivity index is 1.62. The van der Waals surface area contributed by atoms with Crippen LogP contribution < -0.4 is 4.90 Å². The Morgan fingerprint density at radius 1 is 0.923 bits per heavy atom. The zero-order valence-electron chi connectivity index (χ0n) is 14.1. The quantitative estimate of drug-likeness (QED) is 0.594. The average Bonchev–Trinajstić information content (AvgIpc) is 2.67. The van der Waals surface area contributed by atoms with Crippen LogP contribution in [0.5, 0.6) is 0 Å². The Bertz CT molecular complexity index is 888. The van der Waals surface area contributed by atoms with Crippen molar-refractivity contribution < 1.29 is 13.3 Å². The normalized spacial score (nSPS) is 16.1. The molecule has 0 aromatic heterocycles. The Hall–Kier alpha value is -2.71. The lowest BCUT2D eigenvalue weighted by atomic mass is 10.2. The molecule has 0 unspecified atom stereocenters. The van der Waals surface area contributed by atoms with Crippen molar-refractivity contribution in [3.8, 4) is 0 Å². The molecular weight excluding hydrogens is 354 g/mol. The van der Waals surface area contributed by atoms with Crippen LogP contribution in [-0.4, -0.2) is 43.8 Å². The van der Waals surface area contributed by atoms with Crippen molar-refractivity contribution in [1.82, 2.24) is 4.31 Å². The number of nitro benzene ring substituents is 1. The summed E-state index contributed by atoms with van der Waals surface area (Å²) >= 11 is 0. The summed E-state index contributed by atoms with van der Waals surface area (Å²) in [4.78, 5) is 12.3. The van der Waals surface area contributed by atoms with Gasteiger partial charge in [-0.3, -0.25) is 10.1 Å². The van der Waals surface area contributed by atoms with Gasteiger partial charge in [0.1, 0.15) is 0 Å². The van der Waals surface area contributed by atoms with Crippen LogP contribution in [0.1, 0.15) is 5.56 Å². The van der Waals surface area contributed by atoms with E-state index in [9.17, 15) is 18.5 Å². The maximum atomic E-state index is 12.5. The van der Waals surface area contributed by atoms with Gasteiger partial charge in [-0.15, -0.1) is 0 Å². The third-order valence-electron chi connectivity index (χ3n) is 4.26. The zero-order valence-corrected chi connectivity index (χ0v) is 14.9. The number of rotatable bonds is 5. The van der Waals surface area contributed by atoms with Crippen molar-refractivity contribution in [3.05, 3.63) is 75.7 Å². The summed E-state index contributed by atoms with van der Waals surface area (Å²) in [6.07, 6.45) is 1.60. The van der Waals surface area contributed by atoms with E-state index in [1.54, 1.807) is 18.2 Å². The summed E-state index contributed by atoms with van der Waals surface area (Å²) in [5.41, 5.74) is 1.73. The van der Waals surface area contributed by atoms with Crippen LogP contribution in [0.4, 0.5) is 11.4 Å². The molecule has 0 spiro atoms. The predicted molar refractivity (Wildman–Crippen MR) is 101 cm³/mol. The molecule has 3 rings (SSSR count). The molecule has 0 saturated carbocycles. The summed E-state index contributed by atoms with van der Waals surface area (Å²) in [7, 11) is -3.47. The molecule has 1 aliphatic heterocycles. The van der Waals surface area contributed by atoms with Gasteiger partial charge in [-0.25, -0.2) is 8.42 Å². The number of nitrogens with zero attached hydrogens (tertiary/aromatic N) is 3. The number of piperazine rings is 1. The second kappa shape index (κ2) is 7.67. The zero-order chi connectivity index (χ0) is 18.6. The molecule has 1 fully saturated rings. The molecule has 1 saturated heterocycles. The maximum absolute atomic E-state index is 12.5. The average molecular weight is 373 g/mol. The van der Waals surface area contributed by atoms with E-state index in [1.165, 1.54) is 21.8 Å². The fraction of sp³-hybridized carbons (Fsp3) is 0.222. The first kappa shape index (κ1) is 18.1. The van der Waals surface area contributed by atoms with Gasteiger partial charge in [0.2, 0.25) is 10.0 Å². The van der Waals surface area contributed by atoms with Crippen molar-refractivity contribution >= 4 is 27.5 Å². The van der Waals surface area contributed by atoms with E-state index in [1.807, 2.05) is 35.2 Å². The fourth-order valence-corrected chi connectivity index (χ4v) is 3.97. The van der Waals surface area contributed by atoms with Crippen molar-refractivity contribution in [2.45, 2.75) is 0 Å². The van der Waals surface area contributed by atoms with Crippen molar-refractivity contribution in [3.63, 3.8) is 0 Å². The molecule has 1 aliphatic rings. The molecule has 0 aliphatic carbocycles. The summed E-state index contributed by atoms with van der Waals surface area (Å²) in [5, 5.41) is 12.0. The molecule has 0 bridgehead atoms. The molecule has 0 radical (unpaired) electrons. The molecule has 8 heteroatoms. The number of sulfonamides is 1. The number of nitro groups is 1. The molecule has 0 atom stereocenters. The second-order valence-corrected chi connectivity index (χ2v) is 7.74. The van der Waals surface area contributed by atoms with Crippen LogP contribution >= 0.6 is 0 Å². The highest BCUT2D eigenvalue weighted by Gasteiger charge is 2.25. The van der Waals surface area contributed by atoms with Crippen LogP contribution in [0.15, 0.2) is 60.0 Å². The number of hydrogen-bond donors (Lipinski definition) is 0. The lowest BCUT2D eigenvalue weighted by molar-refractivity contribution is -0.384. The molecule has 2 aromatic carbocycles. The maximum Gasteiger partial charge on any atom is 0.269 e. The topological polar surface area (TPSA) is 83.8 Å². The Kier molecular flexibility index (Phi) is 5.34. The van der Waals surface area contributed by atoms with E-state index in [0.29, 0.717) is 26.2 Å². The van der Waals surface area contributed by atoms with Gasteiger partial charge in [0.15, 0.2) is 0 Å². The van der Waals surface area contributed by atoms with E-state index in [-0.39, 0.29) is 5.69 Å². The molecule has 7 nitrogen and oxygen atoms in total. The van der Waals surface area contributed by atoms with Crippen LogP contribution in [0.25, 0.3) is 6.08 Å². The second-order valence-electron chi connectivity index (χ2n) is 5.92. The van der Waals surface area contributed by atoms with Gasteiger partial charge >= 0.3 is 0 Å². The first-order valence-electron chi connectivity index (χ1n) is 8.18. The minimum Gasteiger partial charge on any atom is -0.369 e. The van der Waals surface area contributed by atoms with Crippen LogP contribution in [-0.2, 0) is 10.0 Å². The molecule has 0 amide bonds. The van der Waals surface area contributed by atoms with E-state index >= 15 is 0 Å². The van der Waals surface area contributed by atoms with Gasteiger partial charge in [-0.2, -0.15) is 4.31 Å². The number of hydrogen-bond acceptors (Lipinski definition) is 5. The monoisotopic (exact) mass is 373 g/mol. The van der Waals surface area contributed by atoms with E-state index in [4.69, 9.17) is 0 Å². The minimum absolute atomic E-state index is 0.0426. The first-order chi connectivity index (χ1) is 12.5. The summed E-state index contributed by atoms with van der Waals surface area (Å²) in [6, 6.07) is 15.6. The van der Waals surface area contributed by atoms with Gasteiger partial charge in [-0.05, 0) is 23.8 Å². The van der Waals surface area contributed by atoms with Crippen molar-refractivity contribution in [2.75, 3.05) is 31.1 Å². The Morgan fingerprint density at radius 2 is 1.54 bits per heavy atom. The highest BCUT2D eigenvalue weighted by Crippen LogP contribution is 2.21. The number of benzene rings is 2. The molecular formula is C18H19N3O4S. The number of non-ortho nitro benzene ring substituents is 1. The smallest absolute Gasteiger partial charge is 0.269 e. The van der Waals surface area contributed by atoms with Gasteiger partial charge in [0.05, 0.1) is 4.92 Å². The Morgan fingerprint density at radius 3 is 2.12 bits per heavy atom. The van der Waals surface area contributed by atoms with Crippen molar-refractivity contribution in [2.24, 2.45) is 0 Å². The summed E-state index contributed by atoms with van der Waals surface area (Å²) in [6.45, 7) is 1.82. The highest BCUT2D eigenvalue weighted by atomic mass is 32.2. The molecule has 1 heterocycles. The lowest BCUT2D eigenvalue weighted by Crippen LogP contribution is -2.48. The SMILES string of the molecule is O=[N+]([O-])c1ccc(N2CCN(S(=O)(=O)C=Cc3ccccc3)CC2)cc1. The van der Waals surface area contributed by atoms with Gasteiger partial charge < -0.3 is 4.90 Å². The largest absolute Gasteiger partial charge is 0.369 e. The summed E-state index contributed by atoms with van der Waals surface area (Å²) < 4.78 is 26.4. The van der Waals surface area contributed by atoms with Gasteiger partial charge in [-0.1, -0.05) is 30.3 Å². The standard InChI is InChI=1S/C18H19N3O4S/c22-21(23)18-8-6-17(7-9-18)19-11-13-20(14-12-19)26(24,25)15-10-16-4-2-1-3-5-16/h1-10,15H,11-14H2. The molecule has 0 N–H and O–H groups in total. The third kappa shape index (κ3) is 4.27. The number of anilines is 1. The molecule has 26 heavy (non-hydrogen) atoms. The fourth-order valence-electron chi connectivity index (χ4n) is 2.80. The predicted octanol–water partition coefficient (Wildman–Crippen LogP) is 2.72. The van der Waals surface area contributed by atoms with Crippen molar-refractivity contribution in [1.29, 1.82) is 0 Å². The molecule has 136 valence electrons. The van der Waals surface area contributed by atoms with E-state index in [2.05, 4.69) is 0 Å².